The van der Waals surface area contributed by atoms with Crippen molar-refractivity contribution >= 4 is 11.3 Å². The van der Waals surface area contributed by atoms with Gasteiger partial charge in [0.15, 0.2) is 17.5 Å². The highest BCUT2D eigenvalue weighted by atomic mass is 32.1. The van der Waals surface area contributed by atoms with E-state index in [1.54, 1.807) is 6.20 Å². The van der Waals surface area contributed by atoms with Gasteiger partial charge >= 0.3 is 0 Å². The molecule has 0 bridgehead atoms. The fraction of sp³-hybridized carbons (Fsp3) is 0.308. The van der Waals surface area contributed by atoms with Gasteiger partial charge in [-0.3, -0.25) is 0 Å². The van der Waals surface area contributed by atoms with Gasteiger partial charge in [-0.15, -0.1) is 11.3 Å². The van der Waals surface area contributed by atoms with Crippen LogP contribution in [0.2, 0.25) is 0 Å². The number of aromatic nitrogens is 1. The second kappa shape index (κ2) is 5.71. The Morgan fingerprint density at radius 1 is 1.26 bits per heavy atom. The first-order valence-corrected chi connectivity index (χ1v) is 6.68. The van der Waals surface area contributed by atoms with Crippen molar-refractivity contribution in [3.63, 3.8) is 0 Å². The van der Waals surface area contributed by atoms with Crippen LogP contribution in [0, 0.1) is 17.5 Å². The van der Waals surface area contributed by atoms with Crippen LogP contribution in [0.4, 0.5) is 13.2 Å². The number of nitrogens with zero attached hydrogens (tertiary/aromatic N) is 1. The molecule has 1 aromatic carbocycles. The number of hydrogen-bond acceptors (Lipinski definition) is 3. The molecular weight excluding hydrogens is 273 g/mol. The largest absolute Gasteiger partial charge is 0.310 e. The summed E-state index contributed by atoms with van der Waals surface area (Å²) in [5, 5.41) is 3.69. The Hall–Kier alpha value is -1.40. The second-order valence-corrected chi connectivity index (χ2v) is 5.16. The van der Waals surface area contributed by atoms with E-state index < -0.39 is 17.5 Å². The smallest absolute Gasteiger partial charge is 0.194 e. The molecule has 0 spiro atoms. The van der Waals surface area contributed by atoms with Gasteiger partial charge in [0, 0.05) is 22.7 Å². The van der Waals surface area contributed by atoms with Crippen molar-refractivity contribution in [3.05, 3.63) is 40.7 Å². The zero-order chi connectivity index (χ0) is 14.0. The van der Waals surface area contributed by atoms with Crippen molar-refractivity contribution in [3.8, 4) is 10.6 Å². The maximum atomic E-state index is 13.2. The molecule has 1 aromatic heterocycles. The van der Waals surface area contributed by atoms with E-state index in [9.17, 15) is 13.2 Å². The molecule has 1 N–H and O–H groups in total. The lowest BCUT2D eigenvalue weighted by atomic mass is 10.2. The van der Waals surface area contributed by atoms with Gasteiger partial charge in [0.05, 0.1) is 0 Å². The van der Waals surface area contributed by atoms with E-state index in [1.807, 2.05) is 13.8 Å². The molecule has 2 nitrogen and oxygen atoms in total. The fourth-order valence-corrected chi connectivity index (χ4v) is 2.64. The minimum absolute atomic E-state index is 0.117. The summed E-state index contributed by atoms with van der Waals surface area (Å²) in [6, 6.07) is 2.03. The van der Waals surface area contributed by atoms with Crippen LogP contribution in [0.3, 0.4) is 0 Å². The Balaban J connectivity index is 2.33. The third-order valence-electron chi connectivity index (χ3n) is 2.69. The summed E-state index contributed by atoms with van der Waals surface area (Å²) < 4.78 is 39.2. The van der Waals surface area contributed by atoms with E-state index in [-0.39, 0.29) is 11.6 Å². The van der Waals surface area contributed by atoms with Crippen LogP contribution < -0.4 is 5.32 Å². The number of nitrogens with one attached hydrogen (secondary N) is 1. The third kappa shape index (κ3) is 2.96. The van der Waals surface area contributed by atoms with E-state index in [0.717, 1.165) is 23.6 Å². The molecule has 0 radical (unpaired) electrons. The van der Waals surface area contributed by atoms with Gasteiger partial charge in [-0.05, 0) is 25.6 Å². The van der Waals surface area contributed by atoms with Crippen LogP contribution in [0.25, 0.3) is 10.6 Å². The molecule has 0 saturated heterocycles. The Kier molecular flexibility index (Phi) is 4.21. The van der Waals surface area contributed by atoms with Gasteiger partial charge in [-0.2, -0.15) is 0 Å². The molecule has 102 valence electrons. The van der Waals surface area contributed by atoms with Gasteiger partial charge in [-0.1, -0.05) is 6.92 Å². The van der Waals surface area contributed by atoms with Crippen molar-refractivity contribution in [1.82, 2.24) is 10.3 Å². The highest BCUT2D eigenvalue weighted by Gasteiger charge is 2.15. The quantitative estimate of drug-likeness (QED) is 0.862. The molecule has 0 aliphatic rings. The van der Waals surface area contributed by atoms with Crippen LogP contribution in [0.1, 0.15) is 24.8 Å². The SMILES string of the molecule is CCNC(C)c1cnc(-c2cc(F)c(F)c(F)c2)s1. The van der Waals surface area contributed by atoms with E-state index in [1.165, 1.54) is 11.3 Å². The topological polar surface area (TPSA) is 24.9 Å². The van der Waals surface area contributed by atoms with E-state index in [4.69, 9.17) is 0 Å². The number of hydrogen-bond donors (Lipinski definition) is 1. The molecule has 1 atom stereocenters. The van der Waals surface area contributed by atoms with E-state index in [2.05, 4.69) is 10.3 Å². The summed E-state index contributed by atoms with van der Waals surface area (Å²) in [6.07, 6.45) is 1.66. The van der Waals surface area contributed by atoms with Crippen molar-refractivity contribution in [2.75, 3.05) is 6.54 Å². The van der Waals surface area contributed by atoms with Gasteiger partial charge < -0.3 is 5.32 Å². The molecule has 0 saturated carbocycles. The summed E-state index contributed by atoms with van der Waals surface area (Å²) in [7, 11) is 0. The molecule has 0 aliphatic carbocycles. The fourth-order valence-electron chi connectivity index (χ4n) is 1.71. The van der Waals surface area contributed by atoms with Crippen molar-refractivity contribution in [1.29, 1.82) is 0 Å². The first-order chi connectivity index (χ1) is 9.02. The molecular formula is C13H13F3N2S. The summed E-state index contributed by atoms with van der Waals surface area (Å²) in [4.78, 5) is 5.08. The molecule has 0 aliphatic heterocycles. The predicted octanol–water partition coefficient (Wildman–Crippen LogP) is 3.90. The molecule has 2 rings (SSSR count). The molecule has 6 heteroatoms. The predicted molar refractivity (Wildman–Crippen MR) is 69.5 cm³/mol. The highest BCUT2D eigenvalue weighted by Crippen LogP contribution is 2.30. The maximum absolute atomic E-state index is 13.2. The second-order valence-electron chi connectivity index (χ2n) is 4.10. The van der Waals surface area contributed by atoms with E-state index in [0.29, 0.717) is 5.01 Å². The third-order valence-corrected chi connectivity index (χ3v) is 3.92. The maximum Gasteiger partial charge on any atom is 0.194 e. The summed E-state index contributed by atoms with van der Waals surface area (Å²) in [5.74, 6) is -3.86. The Morgan fingerprint density at radius 3 is 2.47 bits per heavy atom. The molecule has 19 heavy (non-hydrogen) atoms. The monoisotopic (exact) mass is 286 g/mol. The lowest BCUT2D eigenvalue weighted by Gasteiger charge is -2.08. The summed E-state index contributed by atoms with van der Waals surface area (Å²) in [5.41, 5.74) is 0.247. The number of halogens is 3. The minimum atomic E-state index is -1.46. The van der Waals surface area contributed by atoms with Gasteiger partial charge in [0.2, 0.25) is 0 Å². The van der Waals surface area contributed by atoms with Crippen LogP contribution in [-0.4, -0.2) is 11.5 Å². The normalized spacial score (nSPS) is 12.7. The molecule has 1 unspecified atom stereocenters. The Labute approximate surface area is 113 Å². The summed E-state index contributed by atoms with van der Waals surface area (Å²) >= 11 is 1.33. The first kappa shape index (κ1) is 14.0. The minimum Gasteiger partial charge on any atom is -0.310 e. The van der Waals surface area contributed by atoms with Crippen LogP contribution in [-0.2, 0) is 0 Å². The van der Waals surface area contributed by atoms with Crippen LogP contribution in [0.15, 0.2) is 18.3 Å². The van der Waals surface area contributed by atoms with Gasteiger partial charge in [0.25, 0.3) is 0 Å². The zero-order valence-electron chi connectivity index (χ0n) is 10.5. The lowest BCUT2D eigenvalue weighted by Crippen LogP contribution is -2.16. The molecule has 0 fully saturated rings. The van der Waals surface area contributed by atoms with Gasteiger partial charge in [-0.25, -0.2) is 18.2 Å². The van der Waals surface area contributed by atoms with Crippen molar-refractivity contribution in [2.45, 2.75) is 19.9 Å². The number of thiazole rings is 1. The van der Waals surface area contributed by atoms with E-state index >= 15 is 0 Å². The summed E-state index contributed by atoms with van der Waals surface area (Å²) in [6.45, 7) is 4.78. The Morgan fingerprint density at radius 2 is 1.89 bits per heavy atom. The number of benzene rings is 1. The van der Waals surface area contributed by atoms with Crippen molar-refractivity contribution in [2.24, 2.45) is 0 Å². The van der Waals surface area contributed by atoms with Gasteiger partial charge in [0.1, 0.15) is 5.01 Å². The first-order valence-electron chi connectivity index (χ1n) is 5.87. The molecule has 2 aromatic rings. The molecule has 0 amide bonds. The average molecular weight is 286 g/mol. The number of rotatable bonds is 4. The molecule has 1 heterocycles. The van der Waals surface area contributed by atoms with Crippen LogP contribution >= 0.6 is 11.3 Å². The zero-order valence-corrected chi connectivity index (χ0v) is 11.3. The highest BCUT2D eigenvalue weighted by molar-refractivity contribution is 7.15. The standard InChI is InChI=1S/C13H13F3N2S/c1-3-17-7(2)11-6-18-13(19-11)8-4-9(14)12(16)10(15)5-8/h4-7,17H,3H2,1-2H3. The average Bonchev–Trinajstić information content (AvgIpc) is 2.85. The lowest BCUT2D eigenvalue weighted by molar-refractivity contribution is 0.447. The Bertz CT molecular complexity index is 560. The van der Waals surface area contributed by atoms with Crippen molar-refractivity contribution < 1.29 is 13.2 Å². The van der Waals surface area contributed by atoms with Crippen LogP contribution in [0.5, 0.6) is 0 Å².